The highest BCUT2D eigenvalue weighted by atomic mass is 19.1. The number of amides is 1. The van der Waals surface area contributed by atoms with E-state index in [1.165, 1.54) is 12.1 Å². The Balaban J connectivity index is 1.95. The van der Waals surface area contributed by atoms with Crippen LogP contribution in [0.5, 0.6) is 5.75 Å². The normalized spacial score (nSPS) is 11.0. The van der Waals surface area contributed by atoms with Crippen molar-refractivity contribution in [3.05, 3.63) is 77.6 Å². The molecule has 28 heavy (non-hydrogen) atoms. The van der Waals surface area contributed by atoms with E-state index in [1.54, 1.807) is 31.3 Å². The zero-order chi connectivity index (χ0) is 19.8. The Bertz CT molecular complexity index is 1190. The second-order valence-corrected chi connectivity index (χ2v) is 6.60. The van der Waals surface area contributed by atoms with E-state index in [0.29, 0.717) is 27.9 Å². The van der Waals surface area contributed by atoms with Crippen LogP contribution >= 0.6 is 0 Å². The lowest BCUT2D eigenvalue weighted by Crippen LogP contribution is -2.18. The van der Waals surface area contributed by atoms with Crippen LogP contribution in [0.2, 0.25) is 0 Å². The first-order valence-electron chi connectivity index (χ1n) is 8.82. The van der Waals surface area contributed by atoms with E-state index in [4.69, 9.17) is 4.42 Å². The second-order valence-electron chi connectivity index (χ2n) is 6.60. The molecule has 5 heteroatoms. The van der Waals surface area contributed by atoms with Crippen LogP contribution in [0, 0.1) is 12.7 Å². The number of rotatable bonds is 3. The predicted octanol–water partition coefficient (Wildman–Crippen LogP) is 5.28. The first kappa shape index (κ1) is 17.8. The molecule has 0 saturated carbocycles. The van der Waals surface area contributed by atoms with Crippen molar-refractivity contribution in [2.24, 2.45) is 0 Å². The van der Waals surface area contributed by atoms with Crippen LogP contribution in [0.25, 0.3) is 33.4 Å². The van der Waals surface area contributed by atoms with Gasteiger partial charge in [-0.3, -0.25) is 4.79 Å². The van der Waals surface area contributed by atoms with E-state index >= 15 is 0 Å². The third-order valence-corrected chi connectivity index (χ3v) is 4.77. The number of phenols is 1. The van der Waals surface area contributed by atoms with Crippen molar-refractivity contribution in [1.82, 2.24) is 5.32 Å². The van der Waals surface area contributed by atoms with Gasteiger partial charge in [-0.1, -0.05) is 12.1 Å². The van der Waals surface area contributed by atoms with Gasteiger partial charge in [-0.25, -0.2) is 4.39 Å². The number of benzene rings is 3. The number of furan rings is 1. The number of carbonyl (C=O) groups excluding carboxylic acids is 1. The molecule has 0 aliphatic heterocycles. The molecule has 0 radical (unpaired) electrons. The molecule has 0 fully saturated rings. The number of fused-ring (bicyclic) bond motifs is 1. The summed E-state index contributed by atoms with van der Waals surface area (Å²) >= 11 is 0. The summed E-state index contributed by atoms with van der Waals surface area (Å²) in [7, 11) is 1.56. The fourth-order valence-corrected chi connectivity index (χ4v) is 3.39. The van der Waals surface area contributed by atoms with E-state index in [2.05, 4.69) is 5.32 Å². The second kappa shape index (κ2) is 6.85. The molecule has 0 unspecified atom stereocenters. The number of phenolic OH excluding ortho intramolecular Hbond substituents is 1. The van der Waals surface area contributed by atoms with Gasteiger partial charge in [0, 0.05) is 18.0 Å². The van der Waals surface area contributed by atoms with Crippen molar-refractivity contribution >= 4 is 16.9 Å². The quantitative estimate of drug-likeness (QED) is 0.512. The topological polar surface area (TPSA) is 62.5 Å². The standard InChI is InChI=1S/C23H18FNO3/c1-13-11-17(26)8-9-18(13)15-5-10-20-19(12-15)21(23(27)25-2)22(28-20)14-3-6-16(24)7-4-14/h3-12,26H,1-2H3,(H,25,27). The van der Waals surface area contributed by atoms with Gasteiger partial charge in [0.2, 0.25) is 0 Å². The highest BCUT2D eigenvalue weighted by Crippen LogP contribution is 2.37. The molecule has 0 aliphatic carbocycles. The molecule has 0 atom stereocenters. The van der Waals surface area contributed by atoms with Crippen LogP contribution in [0.1, 0.15) is 15.9 Å². The number of aryl methyl sites for hydroxylation is 1. The number of hydrogen-bond donors (Lipinski definition) is 2. The van der Waals surface area contributed by atoms with Gasteiger partial charge in [0.1, 0.15) is 22.9 Å². The monoisotopic (exact) mass is 375 g/mol. The summed E-state index contributed by atoms with van der Waals surface area (Å²) in [6.07, 6.45) is 0. The van der Waals surface area contributed by atoms with Gasteiger partial charge in [-0.2, -0.15) is 0 Å². The Kier molecular flexibility index (Phi) is 4.35. The van der Waals surface area contributed by atoms with E-state index in [0.717, 1.165) is 16.7 Å². The van der Waals surface area contributed by atoms with Crippen molar-refractivity contribution in [2.75, 3.05) is 7.05 Å². The van der Waals surface area contributed by atoms with Gasteiger partial charge in [-0.05, 0) is 72.1 Å². The average Bonchev–Trinajstić information content (AvgIpc) is 3.06. The Morgan fingerprint density at radius 2 is 1.71 bits per heavy atom. The molecule has 1 amide bonds. The molecule has 4 nitrogen and oxygen atoms in total. The SMILES string of the molecule is CNC(=O)c1c(-c2ccc(F)cc2)oc2ccc(-c3ccc(O)cc3C)cc12. The summed E-state index contributed by atoms with van der Waals surface area (Å²) < 4.78 is 19.3. The summed E-state index contributed by atoms with van der Waals surface area (Å²) in [4.78, 5) is 12.6. The lowest BCUT2D eigenvalue weighted by Gasteiger charge is -2.07. The average molecular weight is 375 g/mol. The molecular weight excluding hydrogens is 357 g/mol. The van der Waals surface area contributed by atoms with Crippen LogP contribution in [0.3, 0.4) is 0 Å². The maximum Gasteiger partial charge on any atom is 0.255 e. The fraction of sp³-hybridized carbons (Fsp3) is 0.0870. The van der Waals surface area contributed by atoms with Crippen molar-refractivity contribution in [3.63, 3.8) is 0 Å². The van der Waals surface area contributed by atoms with Crippen LogP contribution in [-0.2, 0) is 0 Å². The van der Waals surface area contributed by atoms with Gasteiger partial charge in [0.05, 0.1) is 5.56 Å². The molecular formula is C23H18FNO3. The van der Waals surface area contributed by atoms with Gasteiger partial charge < -0.3 is 14.8 Å². The molecule has 0 saturated heterocycles. The lowest BCUT2D eigenvalue weighted by atomic mass is 9.97. The zero-order valence-corrected chi connectivity index (χ0v) is 15.4. The van der Waals surface area contributed by atoms with Crippen LogP contribution < -0.4 is 5.32 Å². The molecule has 0 spiro atoms. The minimum absolute atomic E-state index is 0.204. The Morgan fingerprint density at radius 1 is 1.00 bits per heavy atom. The highest BCUT2D eigenvalue weighted by molar-refractivity contribution is 6.11. The molecule has 0 aliphatic rings. The summed E-state index contributed by atoms with van der Waals surface area (Å²) in [5, 5.41) is 13.0. The first-order chi connectivity index (χ1) is 13.5. The van der Waals surface area contributed by atoms with Crippen LogP contribution in [-0.4, -0.2) is 18.1 Å². The smallest absolute Gasteiger partial charge is 0.255 e. The number of carbonyl (C=O) groups is 1. The highest BCUT2D eigenvalue weighted by Gasteiger charge is 2.22. The number of nitrogens with one attached hydrogen (secondary N) is 1. The van der Waals surface area contributed by atoms with Crippen molar-refractivity contribution in [2.45, 2.75) is 6.92 Å². The lowest BCUT2D eigenvalue weighted by molar-refractivity contribution is 0.0964. The van der Waals surface area contributed by atoms with E-state index < -0.39 is 0 Å². The molecule has 2 N–H and O–H groups in total. The third kappa shape index (κ3) is 3.01. The maximum atomic E-state index is 13.3. The molecule has 0 bridgehead atoms. The van der Waals surface area contributed by atoms with Gasteiger partial charge in [-0.15, -0.1) is 0 Å². The molecule has 3 aromatic carbocycles. The number of aromatic hydroxyl groups is 1. The van der Waals surface area contributed by atoms with E-state index in [9.17, 15) is 14.3 Å². The van der Waals surface area contributed by atoms with E-state index in [-0.39, 0.29) is 17.5 Å². The van der Waals surface area contributed by atoms with Gasteiger partial charge >= 0.3 is 0 Å². The zero-order valence-electron chi connectivity index (χ0n) is 15.4. The summed E-state index contributed by atoms with van der Waals surface area (Å²) in [5.74, 6) is -0.0340. The molecule has 1 heterocycles. The maximum absolute atomic E-state index is 13.3. The minimum Gasteiger partial charge on any atom is -0.508 e. The number of hydrogen-bond acceptors (Lipinski definition) is 3. The Labute approximate surface area is 161 Å². The summed E-state index contributed by atoms with van der Waals surface area (Å²) in [6.45, 7) is 1.91. The summed E-state index contributed by atoms with van der Waals surface area (Å²) in [5.41, 5.74) is 4.37. The Hall–Kier alpha value is -3.60. The predicted molar refractivity (Wildman–Crippen MR) is 107 cm³/mol. The van der Waals surface area contributed by atoms with Crippen molar-refractivity contribution < 1.29 is 18.7 Å². The van der Waals surface area contributed by atoms with Crippen LogP contribution in [0.15, 0.2) is 65.1 Å². The minimum atomic E-state index is -0.355. The number of halogens is 1. The Morgan fingerprint density at radius 3 is 2.39 bits per heavy atom. The van der Waals surface area contributed by atoms with E-state index in [1.807, 2.05) is 31.2 Å². The molecule has 1 aromatic heterocycles. The molecule has 4 rings (SSSR count). The first-order valence-corrected chi connectivity index (χ1v) is 8.82. The largest absolute Gasteiger partial charge is 0.508 e. The fourth-order valence-electron chi connectivity index (χ4n) is 3.39. The molecule has 140 valence electrons. The van der Waals surface area contributed by atoms with Crippen molar-refractivity contribution in [3.8, 4) is 28.2 Å². The summed E-state index contributed by atoms with van der Waals surface area (Å²) in [6, 6.07) is 16.6. The third-order valence-electron chi connectivity index (χ3n) is 4.77. The van der Waals surface area contributed by atoms with Gasteiger partial charge in [0.15, 0.2) is 0 Å². The van der Waals surface area contributed by atoms with Crippen LogP contribution in [0.4, 0.5) is 4.39 Å². The van der Waals surface area contributed by atoms with Gasteiger partial charge in [0.25, 0.3) is 5.91 Å². The molecule has 4 aromatic rings. The van der Waals surface area contributed by atoms with Crippen molar-refractivity contribution in [1.29, 1.82) is 0 Å².